The first-order chi connectivity index (χ1) is 5.85. The first kappa shape index (κ1) is 12.9. The van der Waals surface area contributed by atoms with Crippen molar-refractivity contribution in [3.63, 3.8) is 0 Å². The van der Waals surface area contributed by atoms with Gasteiger partial charge in [-0.2, -0.15) is 0 Å². The molecule has 0 unspecified atom stereocenters. The second-order valence-electron chi connectivity index (χ2n) is 2.53. The first-order valence-corrected chi connectivity index (χ1v) is 7.92. The standard InChI is InChI=1S/C8H19IO2Si/c1-3-10-12(11-4-2)8-6-5-7-9/h12H,3-8H2,1-2H3. The highest BCUT2D eigenvalue weighted by Crippen LogP contribution is 2.05. The van der Waals surface area contributed by atoms with Gasteiger partial charge < -0.3 is 8.85 Å². The fourth-order valence-electron chi connectivity index (χ4n) is 0.992. The van der Waals surface area contributed by atoms with Crippen LogP contribution in [0.1, 0.15) is 26.7 Å². The first-order valence-electron chi connectivity index (χ1n) is 4.64. The van der Waals surface area contributed by atoms with Gasteiger partial charge in [0.1, 0.15) is 0 Å². The third-order valence-electron chi connectivity index (χ3n) is 1.53. The maximum atomic E-state index is 5.54. The van der Waals surface area contributed by atoms with Crippen molar-refractivity contribution in [3.8, 4) is 0 Å². The van der Waals surface area contributed by atoms with E-state index in [1.165, 1.54) is 23.3 Å². The molecule has 0 atom stereocenters. The van der Waals surface area contributed by atoms with E-state index in [0.717, 1.165) is 13.2 Å². The van der Waals surface area contributed by atoms with Gasteiger partial charge >= 0.3 is 9.28 Å². The van der Waals surface area contributed by atoms with Gasteiger partial charge in [0.2, 0.25) is 0 Å². The summed E-state index contributed by atoms with van der Waals surface area (Å²) in [6.45, 7) is 5.69. The molecule has 0 amide bonds. The van der Waals surface area contributed by atoms with Gasteiger partial charge in [0.15, 0.2) is 0 Å². The van der Waals surface area contributed by atoms with Crippen molar-refractivity contribution in [2.75, 3.05) is 17.6 Å². The van der Waals surface area contributed by atoms with Crippen LogP contribution in [0, 0.1) is 0 Å². The molecule has 4 heteroatoms. The largest absolute Gasteiger partial charge is 0.397 e. The lowest BCUT2D eigenvalue weighted by atomic mass is 10.4. The van der Waals surface area contributed by atoms with Crippen LogP contribution in [0.2, 0.25) is 6.04 Å². The topological polar surface area (TPSA) is 18.5 Å². The molecule has 12 heavy (non-hydrogen) atoms. The molecule has 0 radical (unpaired) electrons. The molecule has 0 N–H and O–H groups in total. The average Bonchev–Trinajstić information content (AvgIpc) is 2.06. The fourth-order valence-corrected chi connectivity index (χ4v) is 3.33. The number of alkyl halides is 1. The number of unbranched alkanes of at least 4 members (excludes halogenated alkanes) is 1. The third kappa shape index (κ3) is 7.51. The van der Waals surface area contributed by atoms with Crippen molar-refractivity contribution in [2.45, 2.75) is 32.7 Å². The molecular weight excluding hydrogens is 283 g/mol. The predicted octanol–water partition coefficient (Wildman–Crippen LogP) is 2.50. The summed E-state index contributed by atoms with van der Waals surface area (Å²) in [5.74, 6) is 0. The highest BCUT2D eigenvalue weighted by Gasteiger charge is 2.10. The minimum Gasteiger partial charge on any atom is -0.397 e. The van der Waals surface area contributed by atoms with E-state index in [9.17, 15) is 0 Å². The molecule has 0 aliphatic carbocycles. The lowest BCUT2D eigenvalue weighted by Gasteiger charge is -2.13. The van der Waals surface area contributed by atoms with E-state index >= 15 is 0 Å². The molecule has 0 aromatic carbocycles. The highest BCUT2D eigenvalue weighted by molar-refractivity contribution is 14.1. The molecule has 2 nitrogen and oxygen atoms in total. The van der Waals surface area contributed by atoms with Crippen LogP contribution in [0.4, 0.5) is 0 Å². The normalized spacial score (nSPS) is 11.0. The molecule has 0 saturated carbocycles. The number of hydrogen-bond donors (Lipinski definition) is 0. The van der Waals surface area contributed by atoms with Crippen LogP contribution in [0.3, 0.4) is 0 Å². The zero-order valence-corrected chi connectivity index (χ0v) is 11.3. The summed E-state index contributed by atoms with van der Waals surface area (Å²) < 4.78 is 12.3. The Hall–Kier alpha value is 0.867. The SMILES string of the molecule is CCO[SiH](CCCCI)OCC. The number of hydrogen-bond acceptors (Lipinski definition) is 2. The predicted molar refractivity (Wildman–Crippen MR) is 63.3 cm³/mol. The molecular formula is C8H19IO2Si. The van der Waals surface area contributed by atoms with E-state index in [1.54, 1.807) is 0 Å². The van der Waals surface area contributed by atoms with Crippen molar-refractivity contribution in [3.05, 3.63) is 0 Å². The average molecular weight is 302 g/mol. The second-order valence-corrected chi connectivity index (χ2v) is 5.71. The van der Waals surface area contributed by atoms with Gasteiger partial charge in [-0.15, -0.1) is 0 Å². The fraction of sp³-hybridized carbons (Fsp3) is 1.00. The minimum atomic E-state index is -1.27. The second kappa shape index (κ2) is 9.95. The van der Waals surface area contributed by atoms with Gasteiger partial charge in [0.25, 0.3) is 0 Å². The minimum absolute atomic E-state index is 0.807. The molecule has 0 rings (SSSR count). The van der Waals surface area contributed by atoms with Crippen LogP contribution in [0.25, 0.3) is 0 Å². The molecule has 0 aromatic heterocycles. The Morgan fingerprint density at radius 3 is 2.08 bits per heavy atom. The molecule has 0 spiro atoms. The van der Waals surface area contributed by atoms with Crippen LogP contribution in [-0.2, 0) is 8.85 Å². The Labute approximate surface area is 91.0 Å². The van der Waals surface area contributed by atoms with Gasteiger partial charge in [-0.3, -0.25) is 0 Å². The summed E-state index contributed by atoms with van der Waals surface area (Å²) in [7, 11) is -1.27. The monoisotopic (exact) mass is 302 g/mol. The van der Waals surface area contributed by atoms with E-state index in [2.05, 4.69) is 22.6 Å². The van der Waals surface area contributed by atoms with Crippen molar-refractivity contribution in [1.82, 2.24) is 0 Å². The van der Waals surface area contributed by atoms with Gasteiger partial charge in [-0.1, -0.05) is 29.0 Å². The van der Waals surface area contributed by atoms with E-state index in [-0.39, 0.29) is 0 Å². The summed E-state index contributed by atoms with van der Waals surface area (Å²) in [4.78, 5) is 0. The number of rotatable bonds is 8. The van der Waals surface area contributed by atoms with Gasteiger partial charge in [0, 0.05) is 13.2 Å². The summed E-state index contributed by atoms with van der Waals surface area (Å²) in [5, 5.41) is 0. The Balaban J connectivity index is 3.34. The third-order valence-corrected chi connectivity index (χ3v) is 4.58. The Morgan fingerprint density at radius 1 is 1.08 bits per heavy atom. The summed E-state index contributed by atoms with van der Waals surface area (Å²) in [6, 6.07) is 1.17. The Bertz CT molecular complexity index is 87.1. The van der Waals surface area contributed by atoms with Crippen LogP contribution < -0.4 is 0 Å². The maximum absolute atomic E-state index is 5.54. The molecule has 74 valence electrons. The quantitative estimate of drug-likeness (QED) is 0.297. The zero-order chi connectivity index (χ0) is 9.23. The maximum Gasteiger partial charge on any atom is 0.321 e. The Morgan fingerprint density at radius 2 is 1.67 bits per heavy atom. The summed E-state index contributed by atoms with van der Waals surface area (Å²) >= 11 is 2.41. The lowest BCUT2D eigenvalue weighted by Crippen LogP contribution is -2.22. The van der Waals surface area contributed by atoms with Crippen LogP contribution >= 0.6 is 22.6 Å². The van der Waals surface area contributed by atoms with Crippen LogP contribution in [0.15, 0.2) is 0 Å². The lowest BCUT2D eigenvalue weighted by molar-refractivity contribution is 0.213. The molecule has 0 bridgehead atoms. The van der Waals surface area contributed by atoms with Crippen molar-refractivity contribution >= 4 is 31.9 Å². The molecule has 0 aromatic rings. The Kier molecular flexibility index (Phi) is 10.7. The van der Waals surface area contributed by atoms with Crippen molar-refractivity contribution in [1.29, 1.82) is 0 Å². The van der Waals surface area contributed by atoms with Gasteiger partial charge in [-0.25, -0.2) is 0 Å². The van der Waals surface area contributed by atoms with E-state index in [0.29, 0.717) is 0 Å². The number of halogens is 1. The molecule has 0 saturated heterocycles. The van der Waals surface area contributed by atoms with Gasteiger partial charge in [-0.05, 0) is 30.7 Å². The molecule has 0 fully saturated rings. The van der Waals surface area contributed by atoms with Crippen LogP contribution in [-0.4, -0.2) is 26.9 Å². The summed E-state index contributed by atoms with van der Waals surface area (Å²) in [5.41, 5.74) is 0. The molecule has 0 aliphatic heterocycles. The van der Waals surface area contributed by atoms with E-state index in [4.69, 9.17) is 8.85 Å². The highest BCUT2D eigenvalue weighted by atomic mass is 127. The van der Waals surface area contributed by atoms with Gasteiger partial charge in [0.05, 0.1) is 0 Å². The zero-order valence-electron chi connectivity index (χ0n) is 8.01. The smallest absolute Gasteiger partial charge is 0.321 e. The molecule has 0 heterocycles. The van der Waals surface area contributed by atoms with Crippen LogP contribution in [0.5, 0.6) is 0 Å². The van der Waals surface area contributed by atoms with Crippen molar-refractivity contribution in [2.24, 2.45) is 0 Å². The van der Waals surface area contributed by atoms with E-state index in [1.807, 2.05) is 13.8 Å². The van der Waals surface area contributed by atoms with Crippen molar-refractivity contribution < 1.29 is 8.85 Å². The molecule has 0 aliphatic rings. The van der Waals surface area contributed by atoms with E-state index < -0.39 is 9.28 Å². The summed E-state index contributed by atoms with van der Waals surface area (Å²) in [6.07, 6.45) is 2.56.